The fourth-order valence-corrected chi connectivity index (χ4v) is 9.72. The van der Waals surface area contributed by atoms with E-state index < -0.39 is 12.2 Å². The Balaban J connectivity index is 1.50. The molecule has 5 saturated carbocycles. The van der Waals surface area contributed by atoms with E-state index >= 15 is 0 Å². The Kier molecular flexibility index (Phi) is 6.16. The van der Waals surface area contributed by atoms with Crippen molar-refractivity contribution in [3.63, 3.8) is 0 Å². The van der Waals surface area contributed by atoms with Gasteiger partial charge in [0.15, 0.2) is 0 Å². The minimum atomic E-state index is -0.606. The van der Waals surface area contributed by atoms with Gasteiger partial charge in [0.05, 0.1) is 25.2 Å². The SMILES string of the molecule is COC(=O)C1CC[C@H]2[C@@H]3CCC4CC(O)C(O)C[C@]4(C)[C@@H]3C(NC3CCCCC3)C[C@]12C. The third-order valence-electron chi connectivity index (χ3n) is 11.2. The smallest absolute Gasteiger partial charge is 0.309 e. The normalized spacial score (nSPS) is 51.4. The van der Waals surface area contributed by atoms with Gasteiger partial charge in [-0.25, -0.2) is 0 Å². The third kappa shape index (κ3) is 3.56. The summed E-state index contributed by atoms with van der Waals surface area (Å²) < 4.78 is 5.28. The van der Waals surface area contributed by atoms with E-state index in [0.29, 0.717) is 42.2 Å². The lowest BCUT2D eigenvalue weighted by Crippen LogP contribution is -2.64. The van der Waals surface area contributed by atoms with Crippen molar-refractivity contribution in [2.45, 2.75) is 115 Å². The fraction of sp³-hybridized carbons (Fsp3) is 0.963. The molecule has 0 aromatic carbocycles. The Morgan fingerprint density at radius 1 is 0.906 bits per heavy atom. The summed E-state index contributed by atoms with van der Waals surface area (Å²) in [6.45, 7) is 4.81. The molecule has 0 radical (unpaired) electrons. The lowest BCUT2D eigenvalue weighted by molar-refractivity contribution is -0.175. The highest BCUT2D eigenvalue weighted by molar-refractivity contribution is 5.74. The zero-order chi connectivity index (χ0) is 22.7. The first kappa shape index (κ1) is 23.1. The summed E-state index contributed by atoms with van der Waals surface area (Å²) in [5.74, 6) is 2.15. The van der Waals surface area contributed by atoms with E-state index in [1.165, 1.54) is 38.5 Å². The number of rotatable bonds is 3. The first-order valence-electron chi connectivity index (χ1n) is 13.5. The molecule has 5 aliphatic rings. The van der Waals surface area contributed by atoms with Gasteiger partial charge >= 0.3 is 5.97 Å². The minimum absolute atomic E-state index is 0.00339. The van der Waals surface area contributed by atoms with Crippen LogP contribution in [-0.4, -0.2) is 47.6 Å². The topological polar surface area (TPSA) is 78.8 Å². The van der Waals surface area contributed by atoms with Crippen molar-refractivity contribution < 1.29 is 19.7 Å². The molecule has 10 atom stereocenters. The molecule has 0 amide bonds. The van der Waals surface area contributed by atoms with E-state index in [1.807, 2.05) is 0 Å². The molecule has 5 nitrogen and oxygen atoms in total. The molecule has 5 fully saturated rings. The maximum atomic E-state index is 12.8. The molecule has 182 valence electrons. The zero-order valence-corrected chi connectivity index (χ0v) is 20.4. The highest BCUT2D eigenvalue weighted by Gasteiger charge is 2.65. The quantitative estimate of drug-likeness (QED) is 0.569. The van der Waals surface area contributed by atoms with Crippen LogP contribution in [0, 0.1) is 40.4 Å². The molecule has 5 unspecified atom stereocenters. The van der Waals surface area contributed by atoms with Gasteiger partial charge in [0.25, 0.3) is 0 Å². The second kappa shape index (κ2) is 8.53. The number of esters is 1. The first-order chi connectivity index (χ1) is 15.3. The van der Waals surface area contributed by atoms with E-state index in [4.69, 9.17) is 4.74 Å². The molecule has 0 saturated heterocycles. The Morgan fingerprint density at radius 3 is 2.38 bits per heavy atom. The zero-order valence-electron chi connectivity index (χ0n) is 20.4. The Hall–Kier alpha value is -0.650. The highest BCUT2D eigenvalue weighted by atomic mass is 16.5. The second-order valence-electron chi connectivity index (χ2n) is 12.6. The average Bonchev–Trinajstić information content (AvgIpc) is 3.11. The van der Waals surface area contributed by atoms with Crippen molar-refractivity contribution in [1.29, 1.82) is 0 Å². The largest absolute Gasteiger partial charge is 0.469 e. The number of methoxy groups -OCH3 is 1. The lowest BCUT2D eigenvalue weighted by Gasteiger charge is -2.64. The highest BCUT2D eigenvalue weighted by Crippen LogP contribution is 2.67. The number of aliphatic hydroxyl groups excluding tert-OH is 2. The van der Waals surface area contributed by atoms with Crippen molar-refractivity contribution in [3.8, 4) is 0 Å². The van der Waals surface area contributed by atoms with Crippen LogP contribution in [0.2, 0.25) is 0 Å². The Bertz CT molecular complexity index is 708. The molecule has 0 heterocycles. The number of hydrogen-bond acceptors (Lipinski definition) is 5. The number of fused-ring (bicyclic) bond motifs is 5. The van der Waals surface area contributed by atoms with E-state index in [9.17, 15) is 15.0 Å². The molecule has 5 heteroatoms. The maximum Gasteiger partial charge on any atom is 0.309 e. The fourth-order valence-electron chi connectivity index (χ4n) is 9.72. The van der Waals surface area contributed by atoms with Gasteiger partial charge in [-0.15, -0.1) is 0 Å². The van der Waals surface area contributed by atoms with Crippen LogP contribution in [0.1, 0.15) is 90.9 Å². The van der Waals surface area contributed by atoms with Crippen LogP contribution in [0.4, 0.5) is 0 Å². The van der Waals surface area contributed by atoms with Crippen molar-refractivity contribution in [2.75, 3.05) is 7.11 Å². The van der Waals surface area contributed by atoms with Crippen molar-refractivity contribution in [1.82, 2.24) is 5.32 Å². The standard InChI is InChI=1S/C27H45NO4/c1-26-15-23(30)22(29)13-16(26)9-10-18-19-11-12-20(25(31)32-3)27(19,2)14-21(24(18)26)28-17-7-5-4-6-8-17/h16-24,28-30H,4-15H2,1-3H3/t16?,18-,19-,20?,21?,22?,23?,24-,26-,27-/m0/s1. The van der Waals surface area contributed by atoms with Crippen molar-refractivity contribution in [3.05, 3.63) is 0 Å². The van der Waals surface area contributed by atoms with Crippen molar-refractivity contribution >= 4 is 5.97 Å². The van der Waals surface area contributed by atoms with E-state index in [2.05, 4.69) is 19.2 Å². The Morgan fingerprint density at radius 2 is 1.66 bits per heavy atom. The van der Waals surface area contributed by atoms with Crippen LogP contribution in [0.3, 0.4) is 0 Å². The first-order valence-corrected chi connectivity index (χ1v) is 13.5. The van der Waals surface area contributed by atoms with Crippen LogP contribution < -0.4 is 5.32 Å². The molecule has 3 N–H and O–H groups in total. The van der Waals surface area contributed by atoms with Crippen LogP contribution in [0.15, 0.2) is 0 Å². The predicted octanol–water partition coefficient (Wildman–Crippen LogP) is 4.05. The maximum absolute atomic E-state index is 12.8. The number of carbonyl (C=O) groups is 1. The number of nitrogens with one attached hydrogen (secondary N) is 1. The average molecular weight is 448 g/mol. The lowest BCUT2D eigenvalue weighted by atomic mass is 9.43. The predicted molar refractivity (Wildman–Crippen MR) is 124 cm³/mol. The van der Waals surface area contributed by atoms with Gasteiger partial charge in [0.1, 0.15) is 0 Å². The number of ether oxygens (including phenoxy) is 1. The van der Waals surface area contributed by atoms with Gasteiger partial charge in [0.2, 0.25) is 0 Å². The number of hydrogen-bond donors (Lipinski definition) is 3. The third-order valence-corrected chi connectivity index (χ3v) is 11.2. The van der Waals surface area contributed by atoms with Gasteiger partial charge in [-0.05, 0) is 92.3 Å². The molecule has 0 spiro atoms. The van der Waals surface area contributed by atoms with Crippen LogP contribution in [0.5, 0.6) is 0 Å². The monoisotopic (exact) mass is 447 g/mol. The number of carbonyl (C=O) groups excluding carboxylic acids is 1. The van der Waals surface area contributed by atoms with Crippen molar-refractivity contribution in [2.24, 2.45) is 40.4 Å². The summed E-state index contributed by atoms with van der Waals surface area (Å²) in [4.78, 5) is 12.8. The summed E-state index contributed by atoms with van der Waals surface area (Å²) in [5.41, 5.74) is 0.0508. The van der Waals surface area contributed by atoms with Gasteiger partial charge in [-0.3, -0.25) is 4.79 Å². The van der Waals surface area contributed by atoms with Gasteiger partial charge in [-0.1, -0.05) is 33.1 Å². The molecule has 0 aliphatic heterocycles. The summed E-state index contributed by atoms with van der Waals surface area (Å²) in [6, 6.07) is 0.959. The van der Waals surface area contributed by atoms with Crippen LogP contribution in [-0.2, 0) is 9.53 Å². The van der Waals surface area contributed by atoms with Gasteiger partial charge in [-0.2, -0.15) is 0 Å². The van der Waals surface area contributed by atoms with Gasteiger partial charge < -0.3 is 20.3 Å². The summed E-state index contributed by atoms with van der Waals surface area (Å²) in [6.07, 6.45) is 12.2. The molecular formula is C27H45NO4. The summed E-state index contributed by atoms with van der Waals surface area (Å²) in [7, 11) is 1.55. The molecule has 0 aromatic heterocycles. The molecule has 0 aromatic rings. The van der Waals surface area contributed by atoms with E-state index in [1.54, 1.807) is 7.11 Å². The van der Waals surface area contributed by atoms with Crippen LogP contribution >= 0.6 is 0 Å². The van der Waals surface area contributed by atoms with E-state index in [-0.39, 0.29) is 22.7 Å². The molecule has 0 bridgehead atoms. The Labute approximate surface area is 194 Å². The molecule has 32 heavy (non-hydrogen) atoms. The number of aliphatic hydroxyl groups is 2. The molecule has 5 rings (SSSR count). The summed E-state index contributed by atoms with van der Waals surface area (Å²) in [5, 5.41) is 25.3. The summed E-state index contributed by atoms with van der Waals surface area (Å²) >= 11 is 0. The minimum Gasteiger partial charge on any atom is -0.469 e. The molecular weight excluding hydrogens is 402 g/mol. The van der Waals surface area contributed by atoms with E-state index in [0.717, 1.165) is 32.1 Å². The molecule has 5 aliphatic carbocycles. The van der Waals surface area contributed by atoms with Gasteiger partial charge in [0, 0.05) is 12.1 Å². The van der Waals surface area contributed by atoms with Crippen LogP contribution in [0.25, 0.3) is 0 Å². The second-order valence-corrected chi connectivity index (χ2v) is 12.6.